The first kappa shape index (κ1) is 69.1. The maximum atomic E-state index is 6.23. The molecule has 0 spiro atoms. The standard InChI is InChI=1S/C88H98O4/c1-63(2)17-13-21-67(9)53-57-89-79-41-29-71(30-42-79)25-37-75-61-76(38-26-72-31-43-80(44-32-72)90-58-54-68(10)22-14-18-64(3)4)84-51-52-86-78(40-28-74-35-47-82(48-36-74)92-60-56-70(12)24-16-20-66(7)8)62-77(85-50-49-83(75)87(84)88(85)86)39-27-73-33-45-81(46-34-73)91-59-55-69(11)23-15-19-65(5)6/h17-20,29-36,41-52,61-62,67-70H,13-16,21-24,53-60H2,1-12H3/t67-,68-,69-,70-/m0/s1. The van der Waals surface area contributed by atoms with E-state index in [4.69, 9.17) is 18.9 Å². The number of rotatable bonds is 28. The Morgan fingerprint density at radius 1 is 0.283 bits per heavy atom. The predicted molar refractivity (Wildman–Crippen MR) is 392 cm³/mol. The molecular formula is C88H98O4. The Kier molecular flexibility index (Phi) is 26.8. The Bertz CT molecular complexity index is 3540. The first-order chi connectivity index (χ1) is 44.5. The van der Waals surface area contributed by atoms with E-state index in [2.05, 4.69) is 240 Å². The summed E-state index contributed by atoms with van der Waals surface area (Å²) in [6.45, 7) is 29.3. The SMILES string of the molecule is CC(C)=CCC[C@H](C)CCOc1ccc(C#Cc2cc(C#Cc3ccc(OCC[C@@H](C)CCC=C(C)C)cc3)c3ccc4c(C#Cc5ccc(OCC[C@@H](C)CCC=C(C)C)cc5)cc(C#Cc5ccc(OCC[C@@H](C)CCC=C(C)C)cc5)c5ccc2c3c54)cc1. The second-order valence-corrected chi connectivity index (χ2v) is 26.5. The second kappa shape index (κ2) is 35.7. The summed E-state index contributed by atoms with van der Waals surface area (Å²) in [5.41, 5.74) is 12.7. The number of hydrogen-bond donors (Lipinski definition) is 0. The average Bonchev–Trinajstić information content (AvgIpc) is 0.725. The van der Waals surface area contributed by atoms with Gasteiger partial charge in [-0.3, -0.25) is 0 Å². The van der Waals surface area contributed by atoms with Gasteiger partial charge >= 0.3 is 0 Å². The molecule has 0 N–H and O–H groups in total. The zero-order valence-corrected chi connectivity index (χ0v) is 57.3. The van der Waals surface area contributed by atoms with Crippen molar-refractivity contribution in [2.45, 2.75) is 160 Å². The van der Waals surface area contributed by atoms with E-state index in [1.165, 1.54) is 22.3 Å². The van der Waals surface area contributed by atoms with Crippen LogP contribution in [0, 0.1) is 71.0 Å². The van der Waals surface area contributed by atoms with Crippen molar-refractivity contribution >= 4 is 32.3 Å². The van der Waals surface area contributed by atoms with Crippen LogP contribution in [0.2, 0.25) is 0 Å². The molecule has 0 fully saturated rings. The molecule has 0 unspecified atom stereocenters. The van der Waals surface area contributed by atoms with Crippen molar-refractivity contribution in [1.82, 2.24) is 0 Å². The highest BCUT2D eigenvalue weighted by Crippen LogP contribution is 2.40. The van der Waals surface area contributed by atoms with Crippen molar-refractivity contribution < 1.29 is 18.9 Å². The van der Waals surface area contributed by atoms with E-state index in [0.717, 1.165) is 177 Å². The van der Waals surface area contributed by atoms with Crippen LogP contribution in [-0.2, 0) is 0 Å². The third-order valence-corrected chi connectivity index (χ3v) is 17.0. The molecule has 4 atom stereocenters. The van der Waals surface area contributed by atoms with Gasteiger partial charge in [-0.15, -0.1) is 0 Å². The lowest BCUT2D eigenvalue weighted by Gasteiger charge is -2.16. The van der Waals surface area contributed by atoms with Gasteiger partial charge in [-0.2, -0.15) is 0 Å². The lowest BCUT2D eigenvalue weighted by Crippen LogP contribution is -2.04. The van der Waals surface area contributed by atoms with Crippen LogP contribution in [-0.4, -0.2) is 26.4 Å². The summed E-state index contributed by atoms with van der Waals surface area (Å²) < 4.78 is 24.9. The molecule has 0 saturated heterocycles. The van der Waals surface area contributed by atoms with E-state index in [1.807, 2.05) is 48.5 Å². The first-order valence-corrected chi connectivity index (χ1v) is 33.8. The number of benzene rings is 8. The van der Waals surface area contributed by atoms with Gasteiger partial charge in [-0.25, -0.2) is 0 Å². The monoisotopic (exact) mass is 1220 g/mol. The van der Waals surface area contributed by atoms with E-state index in [-0.39, 0.29) is 0 Å². The fourth-order valence-corrected chi connectivity index (χ4v) is 11.2. The van der Waals surface area contributed by atoms with E-state index >= 15 is 0 Å². The molecule has 4 nitrogen and oxygen atoms in total. The van der Waals surface area contributed by atoms with E-state index in [0.29, 0.717) is 50.1 Å². The van der Waals surface area contributed by atoms with Crippen molar-refractivity contribution in [3.05, 3.63) is 225 Å². The molecule has 0 aliphatic carbocycles. The van der Waals surface area contributed by atoms with Crippen molar-refractivity contribution in [3.8, 4) is 70.4 Å². The molecular weight excluding hydrogens is 1120 g/mol. The van der Waals surface area contributed by atoms with Gasteiger partial charge in [0.05, 0.1) is 26.4 Å². The molecule has 0 aliphatic heterocycles. The Morgan fingerprint density at radius 2 is 0.489 bits per heavy atom. The molecule has 0 aromatic heterocycles. The Hall–Kier alpha value is -8.80. The molecule has 4 heteroatoms. The average molecular weight is 1220 g/mol. The summed E-state index contributed by atoms with van der Waals surface area (Å²) in [7, 11) is 0. The van der Waals surface area contributed by atoms with Gasteiger partial charge in [0.2, 0.25) is 0 Å². The minimum Gasteiger partial charge on any atom is -0.494 e. The number of allylic oxidation sites excluding steroid dienone is 8. The predicted octanol–water partition coefficient (Wildman–Crippen LogP) is 22.8. The van der Waals surface area contributed by atoms with Crippen LogP contribution in [0.15, 0.2) is 180 Å². The van der Waals surface area contributed by atoms with Crippen LogP contribution in [0.4, 0.5) is 0 Å². The fraction of sp³-hybridized carbons (Fsp3) is 0.364. The molecule has 0 aliphatic rings. The molecule has 0 saturated carbocycles. The minimum absolute atomic E-state index is 0.591. The Balaban J connectivity index is 1.15. The van der Waals surface area contributed by atoms with Crippen molar-refractivity contribution in [2.75, 3.05) is 26.4 Å². The fourth-order valence-electron chi connectivity index (χ4n) is 11.2. The van der Waals surface area contributed by atoms with Crippen LogP contribution in [0.1, 0.15) is 205 Å². The third-order valence-electron chi connectivity index (χ3n) is 17.0. The van der Waals surface area contributed by atoms with Gasteiger partial charge < -0.3 is 18.9 Å². The summed E-state index contributed by atoms with van der Waals surface area (Å²) >= 11 is 0. The van der Waals surface area contributed by atoms with Crippen molar-refractivity contribution in [1.29, 1.82) is 0 Å². The highest BCUT2D eigenvalue weighted by atomic mass is 16.5. The van der Waals surface area contributed by atoms with Gasteiger partial charge in [-0.1, -0.05) is 146 Å². The summed E-state index contributed by atoms with van der Waals surface area (Å²) in [5.74, 6) is 34.5. The lowest BCUT2D eigenvalue weighted by molar-refractivity contribution is 0.279. The molecule has 474 valence electrons. The van der Waals surface area contributed by atoms with E-state index in [9.17, 15) is 0 Å². The smallest absolute Gasteiger partial charge is 0.119 e. The Morgan fingerprint density at radius 3 is 0.685 bits per heavy atom. The van der Waals surface area contributed by atoms with E-state index < -0.39 is 0 Å². The molecule has 8 rings (SSSR count). The summed E-state index contributed by atoms with van der Waals surface area (Å²) in [5, 5.41) is 6.34. The number of hydrogen-bond acceptors (Lipinski definition) is 4. The maximum Gasteiger partial charge on any atom is 0.119 e. The van der Waals surface area contributed by atoms with Crippen LogP contribution in [0.25, 0.3) is 32.3 Å². The molecule has 92 heavy (non-hydrogen) atoms. The van der Waals surface area contributed by atoms with Gasteiger partial charge in [0.15, 0.2) is 0 Å². The molecule has 8 aromatic carbocycles. The summed E-state index contributed by atoms with van der Waals surface area (Å²) in [6, 6.07) is 45.9. The minimum atomic E-state index is 0.591. The second-order valence-electron chi connectivity index (χ2n) is 26.5. The third kappa shape index (κ3) is 22.3. The van der Waals surface area contributed by atoms with Gasteiger partial charge in [-0.05, 0) is 298 Å². The zero-order chi connectivity index (χ0) is 65.2. The molecule has 0 radical (unpaired) electrons. The highest BCUT2D eigenvalue weighted by molar-refractivity contribution is 6.26. The zero-order valence-electron chi connectivity index (χ0n) is 57.3. The van der Waals surface area contributed by atoms with Crippen LogP contribution in [0.5, 0.6) is 23.0 Å². The molecule has 8 aromatic rings. The van der Waals surface area contributed by atoms with Crippen LogP contribution >= 0.6 is 0 Å². The topological polar surface area (TPSA) is 36.9 Å². The highest BCUT2D eigenvalue weighted by Gasteiger charge is 2.18. The van der Waals surface area contributed by atoms with Gasteiger partial charge in [0.25, 0.3) is 0 Å². The summed E-state index contributed by atoms with van der Waals surface area (Å²) in [4.78, 5) is 0. The van der Waals surface area contributed by atoms with Gasteiger partial charge in [0.1, 0.15) is 23.0 Å². The summed E-state index contributed by atoms with van der Waals surface area (Å²) in [6.07, 6.45) is 22.4. The molecule has 0 amide bonds. The molecule has 0 bridgehead atoms. The van der Waals surface area contributed by atoms with Crippen LogP contribution in [0.3, 0.4) is 0 Å². The number of ether oxygens (including phenoxy) is 4. The lowest BCUT2D eigenvalue weighted by atomic mass is 9.86. The Labute approximate surface area is 553 Å². The van der Waals surface area contributed by atoms with Crippen molar-refractivity contribution in [3.63, 3.8) is 0 Å². The van der Waals surface area contributed by atoms with E-state index in [1.54, 1.807) is 0 Å². The first-order valence-electron chi connectivity index (χ1n) is 33.8. The van der Waals surface area contributed by atoms with Crippen LogP contribution < -0.4 is 18.9 Å². The normalized spacial score (nSPS) is 12.1. The van der Waals surface area contributed by atoms with Crippen molar-refractivity contribution in [2.24, 2.45) is 23.7 Å². The quantitative estimate of drug-likeness (QED) is 0.0278. The van der Waals surface area contributed by atoms with Gasteiger partial charge in [0, 0.05) is 44.5 Å². The largest absolute Gasteiger partial charge is 0.494 e. The molecule has 0 heterocycles. The maximum absolute atomic E-state index is 6.23.